The molecule has 0 bridgehead atoms. The quantitative estimate of drug-likeness (QED) is 0.511. The topological polar surface area (TPSA) is 52.6 Å². The smallest absolute Gasteiger partial charge is 0.333 e. The predicted octanol–water partition coefficient (Wildman–Crippen LogP) is 0.819. The summed E-state index contributed by atoms with van der Waals surface area (Å²) >= 11 is 0. The van der Waals surface area contributed by atoms with Crippen molar-refractivity contribution in [1.82, 2.24) is 0 Å². The van der Waals surface area contributed by atoms with E-state index in [0.29, 0.717) is 12.2 Å². The van der Waals surface area contributed by atoms with Crippen LogP contribution in [0, 0.1) is 0 Å². The molecule has 0 saturated carbocycles. The Hall–Kier alpha value is -1.53. The van der Waals surface area contributed by atoms with Gasteiger partial charge in [-0.05, 0) is 0 Å². The molecule has 0 amide bonds. The second-order valence-corrected chi connectivity index (χ2v) is 1.98. The molecule has 0 fully saturated rings. The number of ether oxygens (including phenoxy) is 2. The number of methoxy groups -OCH3 is 1. The molecule has 0 N–H and O–H groups in total. The highest BCUT2D eigenvalue weighted by Crippen LogP contribution is 2.07. The molecule has 0 spiro atoms. The number of halogens is 3. The van der Waals surface area contributed by atoms with E-state index in [9.17, 15) is 22.8 Å². The summed E-state index contributed by atoms with van der Waals surface area (Å²) in [6.45, 7) is 0. The van der Waals surface area contributed by atoms with Crippen LogP contribution < -0.4 is 0 Å². The van der Waals surface area contributed by atoms with Crippen molar-refractivity contribution in [2.45, 2.75) is 12.8 Å². The summed E-state index contributed by atoms with van der Waals surface area (Å²) < 4.78 is 42.6. The zero-order valence-electron chi connectivity index (χ0n) is 7.08. The number of rotatable bonds is 4. The van der Waals surface area contributed by atoms with Crippen molar-refractivity contribution in [3.05, 3.63) is 12.2 Å². The lowest BCUT2D eigenvalue weighted by molar-refractivity contribution is -0.168. The van der Waals surface area contributed by atoms with Gasteiger partial charge >= 0.3 is 24.7 Å². The first-order valence-corrected chi connectivity index (χ1v) is 3.36. The van der Waals surface area contributed by atoms with Gasteiger partial charge in [-0.25, -0.2) is 18.4 Å². The highest BCUT2D eigenvalue weighted by atomic mass is 19.3. The fourth-order valence-electron chi connectivity index (χ4n) is 0.406. The van der Waals surface area contributed by atoms with Crippen LogP contribution >= 0.6 is 0 Å². The Balaban J connectivity index is 3.98. The summed E-state index contributed by atoms with van der Waals surface area (Å²) in [6.07, 6.45) is -5.29. The van der Waals surface area contributed by atoms with Gasteiger partial charge in [0.25, 0.3) is 0 Å². The molecule has 4 nitrogen and oxygen atoms in total. The van der Waals surface area contributed by atoms with E-state index in [4.69, 9.17) is 0 Å². The summed E-state index contributed by atoms with van der Waals surface area (Å²) in [6, 6.07) is 0. The lowest BCUT2D eigenvalue weighted by atomic mass is 10.5. The first kappa shape index (κ1) is 12.5. The van der Waals surface area contributed by atoms with Gasteiger partial charge in [-0.2, -0.15) is 4.39 Å². The number of carbonyl (C=O) groups excluding carboxylic acids is 2. The molecule has 1 atom stereocenters. The Morgan fingerprint density at radius 3 is 2.07 bits per heavy atom. The van der Waals surface area contributed by atoms with Gasteiger partial charge in [0.15, 0.2) is 0 Å². The number of alkyl halides is 3. The summed E-state index contributed by atoms with van der Waals surface area (Å²) in [5.74, 6) is -2.27. The molecule has 0 heterocycles. The lowest BCUT2D eigenvalue weighted by Gasteiger charge is -2.05. The third-order valence-corrected chi connectivity index (χ3v) is 0.984. The molecule has 14 heavy (non-hydrogen) atoms. The van der Waals surface area contributed by atoms with E-state index < -0.39 is 24.7 Å². The SMILES string of the molecule is COC(=O)C=CC(=O)OC(F)C(F)F. The Kier molecular flexibility index (Phi) is 5.35. The minimum atomic E-state index is -3.41. The van der Waals surface area contributed by atoms with E-state index in [1.54, 1.807) is 0 Å². The average molecular weight is 212 g/mol. The highest BCUT2D eigenvalue weighted by molar-refractivity contribution is 5.91. The van der Waals surface area contributed by atoms with Crippen LogP contribution in [0.4, 0.5) is 13.2 Å². The molecule has 1 unspecified atom stereocenters. The number of esters is 2. The van der Waals surface area contributed by atoms with Crippen molar-refractivity contribution in [3.63, 3.8) is 0 Å². The maximum absolute atomic E-state index is 12.0. The van der Waals surface area contributed by atoms with Crippen molar-refractivity contribution >= 4 is 11.9 Å². The Labute approximate surface area is 77.3 Å². The third-order valence-electron chi connectivity index (χ3n) is 0.984. The van der Waals surface area contributed by atoms with Crippen LogP contribution in [0.3, 0.4) is 0 Å². The number of hydrogen-bond donors (Lipinski definition) is 0. The van der Waals surface area contributed by atoms with E-state index in [1.165, 1.54) is 0 Å². The molecule has 80 valence electrons. The van der Waals surface area contributed by atoms with Gasteiger partial charge in [-0.15, -0.1) is 0 Å². The van der Waals surface area contributed by atoms with Gasteiger partial charge in [0.05, 0.1) is 7.11 Å². The van der Waals surface area contributed by atoms with E-state index >= 15 is 0 Å². The molecule has 0 aromatic carbocycles. The fraction of sp³-hybridized carbons (Fsp3) is 0.429. The van der Waals surface area contributed by atoms with E-state index in [-0.39, 0.29) is 0 Å². The molecule has 7 heteroatoms. The van der Waals surface area contributed by atoms with Crippen LogP contribution in [0.25, 0.3) is 0 Å². The Bertz CT molecular complexity index is 239. The largest absolute Gasteiger partial charge is 0.466 e. The standard InChI is InChI=1S/C7H7F3O4/c1-13-4(11)2-3-5(12)14-7(10)6(8)9/h2-3,6-7H,1H3. The van der Waals surface area contributed by atoms with Crippen molar-refractivity contribution < 1.29 is 32.2 Å². The van der Waals surface area contributed by atoms with Crippen LogP contribution in [0.15, 0.2) is 12.2 Å². The van der Waals surface area contributed by atoms with E-state index in [0.717, 1.165) is 7.11 Å². The molecule has 0 aromatic rings. The van der Waals surface area contributed by atoms with Crippen LogP contribution in [0.1, 0.15) is 0 Å². The van der Waals surface area contributed by atoms with E-state index in [1.807, 2.05) is 0 Å². The van der Waals surface area contributed by atoms with E-state index in [2.05, 4.69) is 9.47 Å². The minimum absolute atomic E-state index is 0.487. The summed E-state index contributed by atoms with van der Waals surface area (Å²) in [5, 5.41) is 0. The summed E-state index contributed by atoms with van der Waals surface area (Å²) in [5.41, 5.74) is 0. The zero-order valence-corrected chi connectivity index (χ0v) is 7.08. The Morgan fingerprint density at radius 2 is 1.64 bits per heavy atom. The maximum atomic E-state index is 12.0. The molecule has 0 aliphatic rings. The highest BCUT2D eigenvalue weighted by Gasteiger charge is 2.22. The first-order valence-electron chi connectivity index (χ1n) is 3.36. The van der Waals surface area contributed by atoms with Gasteiger partial charge in [0, 0.05) is 12.2 Å². The van der Waals surface area contributed by atoms with Gasteiger partial charge in [0.1, 0.15) is 0 Å². The summed E-state index contributed by atoms with van der Waals surface area (Å²) in [4.78, 5) is 20.9. The third kappa shape index (κ3) is 5.18. The van der Waals surface area contributed by atoms with Crippen LogP contribution in [-0.4, -0.2) is 31.8 Å². The molecule has 0 radical (unpaired) electrons. The predicted molar refractivity (Wildman–Crippen MR) is 38.1 cm³/mol. The zero-order chi connectivity index (χ0) is 11.1. The van der Waals surface area contributed by atoms with Gasteiger partial charge in [-0.3, -0.25) is 0 Å². The van der Waals surface area contributed by atoms with Crippen LogP contribution in [-0.2, 0) is 19.1 Å². The molecular formula is C7H7F3O4. The first-order chi connectivity index (χ1) is 6.47. The molecule has 0 saturated heterocycles. The minimum Gasteiger partial charge on any atom is -0.466 e. The molecular weight excluding hydrogens is 205 g/mol. The van der Waals surface area contributed by atoms with Crippen molar-refractivity contribution in [3.8, 4) is 0 Å². The van der Waals surface area contributed by atoms with Crippen molar-refractivity contribution in [2.75, 3.05) is 7.11 Å². The fourth-order valence-corrected chi connectivity index (χ4v) is 0.406. The van der Waals surface area contributed by atoms with Crippen LogP contribution in [0.5, 0.6) is 0 Å². The lowest BCUT2D eigenvalue weighted by Crippen LogP contribution is -2.19. The average Bonchev–Trinajstić information content (AvgIpc) is 2.13. The maximum Gasteiger partial charge on any atom is 0.333 e. The van der Waals surface area contributed by atoms with Crippen molar-refractivity contribution in [2.24, 2.45) is 0 Å². The molecule has 0 aromatic heterocycles. The van der Waals surface area contributed by atoms with Crippen molar-refractivity contribution in [1.29, 1.82) is 0 Å². The Morgan fingerprint density at radius 1 is 1.14 bits per heavy atom. The second kappa shape index (κ2) is 6.01. The monoisotopic (exact) mass is 212 g/mol. The number of hydrogen-bond acceptors (Lipinski definition) is 4. The summed E-state index contributed by atoms with van der Waals surface area (Å²) in [7, 11) is 1.05. The number of carbonyl (C=O) groups is 2. The van der Waals surface area contributed by atoms with Gasteiger partial charge < -0.3 is 9.47 Å². The molecule has 0 rings (SSSR count). The van der Waals surface area contributed by atoms with Gasteiger partial charge in [0.2, 0.25) is 0 Å². The molecule has 0 aliphatic carbocycles. The normalized spacial score (nSPS) is 12.9. The molecule has 0 aliphatic heterocycles. The second-order valence-electron chi connectivity index (χ2n) is 1.98. The van der Waals surface area contributed by atoms with Gasteiger partial charge in [-0.1, -0.05) is 0 Å². The van der Waals surface area contributed by atoms with Crippen LogP contribution in [0.2, 0.25) is 0 Å².